The van der Waals surface area contributed by atoms with Crippen LogP contribution in [-0.4, -0.2) is 11.2 Å². The van der Waals surface area contributed by atoms with E-state index in [-0.39, 0.29) is 0 Å². The molecule has 0 aliphatic rings. The number of pyridine rings is 1. The Hall–Kier alpha value is -1.61. The van der Waals surface area contributed by atoms with Gasteiger partial charge in [0, 0.05) is 11.9 Å². The van der Waals surface area contributed by atoms with E-state index in [1.165, 1.54) is 5.56 Å². The minimum atomic E-state index is 0.683. The molecular formula is C15H17NOS. The summed E-state index contributed by atoms with van der Waals surface area (Å²) in [6.07, 6.45) is 2.06. The third kappa shape index (κ3) is 2.62. The van der Waals surface area contributed by atoms with Crippen LogP contribution in [0.25, 0.3) is 5.69 Å². The SMILES string of the molecule is CCOc1ccc(-n2cc(C)ccc2=S)c(C)c1. The first-order valence-electron chi connectivity index (χ1n) is 6.05. The van der Waals surface area contributed by atoms with Gasteiger partial charge in [0.1, 0.15) is 10.4 Å². The summed E-state index contributed by atoms with van der Waals surface area (Å²) in [6.45, 7) is 6.81. The van der Waals surface area contributed by atoms with Crippen LogP contribution in [0.5, 0.6) is 5.75 Å². The van der Waals surface area contributed by atoms with E-state index in [9.17, 15) is 0 Å². The maximum atomic E-state index is 5.50. The quantitative estimate of drug-likeness (QED) is 0.766. The van der Waals surface area contributed by atoms with E-state index >= 15 is 0 Å². The van der Waals surface area contributed by atoms with Gasteiger partial charge in [0.25, 0.3) is 0 Å². The molecule has 1 aromatic heterocycles. The van der Waals surface area contributed by atoms with Gasteiger partial charge in [-0.3, -0.25) is 0 Å². The van der Waals surface area contributed by atoms with Crippen LogP contribution in [0.1, 0.15) is 18.1 Å². The zero-order chi connectivity index (χ0) is 13.1. The van der Waals surface area contributed by atoms with E-state index < -0.39 is 0 Å². The summed E-state index contributed by atoms with van der Waals surface area (Å²) in [5.41, 5.74) is 3.45. The van der Waals surface area contributed by atoms with Crippen molar-refractivity contribution in [3.8, 4) is 11.4 Å². The lowest BCUT2D eigenvalue weighted by Crippen LogP contribution is -2.00. The standard InChI is InChI=1S/C15H17NOS/c1-4-17-13-6-7-14(12(3)9-13)16-10-11(2)5-8-15(16)18/h5-10H,4H2,1-3H3. The first-order chi connectivity index (χ1) is 8.61. The normalized spacial score (nSPS) is 10.4. The van der Waals surface area contributed by atoms with Crippen molar-refractivity contribution in [3.05, 3.63) is 52.3 Å². The topological polar surface area (TPSA) is 14.2 Å². The predicted octanol–water partition coefficient (Wildman–Crippen LogP) is 4.22. The molecule has 0 saturated carbocycles. The number of nitrogens with zero attached hydrogens (tertiary/aromatic N) is 1. The van der Waals surface area contributed by atoms with Crippen LogP contribution in [0.4, 0.5) is 0 Å². The number of benzene rings is 1. The first-order valence-corrected chi connectivity index (χ1v) is 6.46. The lowest BCUT2D eigenvalue weighted by atomic mass is 10.2. The van der Waals surface area contributed by atoms with Gasteiger partial charge in [-0.15, -0.1) is 0 Å². The van der Waals surface area contributed by atoms with Crippen molar-refractivity contribution in [2.45, 2.75) is 20.8 Å². The molecule has 0 atom stereocenters. The zero-order valence-corrected chi connectivity index (χ0v) is 11.8. The van der Waals surface area contributed by atoms with Crippen molar-refractivity contribution in [2.24, 2.45) is 0 Å². The molecular weight excluding hydrogens is 242 g/mol. The molecule has 0 unspecified atom stereocenters. The summed E-state index contributed by atoms with van der Waals surface area (Å²) < 4.78 is 8.35. The van der Waals surface area contributed by atoms with Crippen LogP contribution in [0.15, 0.2) is 36.5 Å². The Labute approximate surface area is 113 Å². The molecule has 3 heteroatoms. The van der Waals surface area contributed by atoms with Gasteiger partial charge in [-0.05, 0) is 56.2 Å². The van der Waals surface area contributed by atoms with E-state index in [1.54, 1.807) is 0 Å². The summed E-state index contributed by atoms with van der Waals surface area (Å²) in [5, 5.41) is 0. The first kappa shape index (κ1) is 12.8. The maximum absolute atomic E-state index is 5.50. The second kappa shape index (κ2) is 5.36. The molecule has 1 aromatic carbocycles. The smallest absolute Gasteiger partial charge is 0.119 e. The summed E-state index contributed by atoms with van der Waals surface area (Å²) >= 11 is 5.37. The molecule has 0 aliphatic heterocycles. The number of rotatable bonds is 3. The predicted molar refractivity (Wildman–Crippen MR) is 77.2 cm³/mol. The van der Waals surface area contributed by atoms with Gasteiger partial charge in [-0.25, -0.2) is 0 Å². The van der Waals surface area contributed by atoms with E-state index in [4.69, 9.17) is 17.0 Å². The van der Waals surface area contributed by atoms with Crippen LogP contribution in [0.2, 0.25) is 0 Å². The highest BCUT2D eigenvalue weighted by Gasteiger charge is 2.03. The molecule has 0 saturated heterocycles. The third-order valence-electron chi connectivity index (χ3n) is 2.80. The van der Waals surface area contributed by atoms with E-state index in [0.29, 0.717) is 6.61 Å². The fourth-order valence-corrected chi connectivity index (χ4v) is 2.16. The Morgan fingerprint density at radius 1 is 1.17 bits per heavy atom. The number of hydrogen-bond donors (Lipinski definition) is 0. The van der Waals surface area contributed by atoms with Crippen molar-refractivity contribution in [1.82, 2.24) is 4.57 Å². The average Bonchev–Trinajstić information content (AvgIpc) is 2.33. The Balaban J connectivity index is 2.51. The largest absolute Gasteiger partial charge is 0.494 e. The molecule has 1 heterocycles. The molecule has 2 rings (SSSR count). The molecule has 0 amide bonds. The van der Waals surface area contributed by atoms with Crippen LogP contribution >= 0.6 is 12.2 Å². The van der Waals surface area contributed by atoms with Crippen LogP contribution in [-0.2, 0) is 0 Å². The number of hydrogen-bond acceptors (Lipinski definition) is 2. The molecule has 2 nitrogen and oxygen atoms in total. The van der Waals surface area contributed by atoms with Gasteiger partial charge in [-0.2, -0.15) is 0 Å². The fourth-order valence-electron chi connectivity index (χ4n) is 1.94. The Kier molecular flexibility index (Phi) is 3.82. The Bertz CT molecular complexity index is 616. The molecule has 0 radical (unpaired) electrons. The molecule has 18 heavy (non-hydrogen) atoms. The lowest BCUT2D eigenvalue weighted by Gasteiger charge is -2.13. The molecule has 94 valence electrons. The van der Waals surface area contributed by atoms with Crippen molar-refractivity contribution >= 4 is 12.2 Å². The minimum Gasteiger partial charge on any atom is -0.494 e. The lowest BCUT2D eigenvalue weighted by molar-refractivity contribution is 0.340. The summed E-state index contributed by atoms with van der Waals surface area (Å²) in [4.78, 5) is 0. The second-order valence-electron chi connectivity index (χ2n) is 4.30. The number of aryl methyl sites for hydroxylation is 2. The molecule has 0 aliphatic carbocycles. The molecule has 0 fully saturated rings. The average molecular weight is 259 g/mol. The number of aromatic nitrogens is 1. The summed E-state index contributed by atoms with van der Waals surface area (Å²) in [5.74, 6) is 0.901. The van der Waals surface area contributed by atoms with Gasteiger partial charge in [0.15, 0.2) is 0 Å². The van der Waals surface area contributed by atoms with Gasteiger partial charge < -0.3 is 9.30 Å². The van der Waals surface area contributed by atoms with E-state index in [2.05, 4.69) is 26.1 Å². The van der Waals surface area contributed by atoms with Gasteiger partial charge in [0.2, 0.25) is 0 Å². The fraction of sp³-hybridized carbons (Fsp3) is 0.267. The van der Waals surface area contributed by atoms with Crippen LogP contribution in [0.3, 0.4) is 0 Å². The van der Waals surface area contributed by atoms with E-state index in [1.807, 2.05) is 35.8 Å². The van der Waals surface area contributed by atoms with Gasteiger partial charge in [-0.1, -0.05) is 18.3 Å². The van der Waals surface area contributed by atoms with E-state index in [0.717, 1.165) is 21.6 Å². The second-order valence-corrected chi connectivity index (χ2v) is 4.71. The highest BCUT2D eigenvalue weighted by atomic mass is 32.1. The van der Waals surface area contributed by atoms with Crippen molar-refractivity contribution in [2.75, 3.05) is 6.61 Å². The Morgan fingerprint density at radius 3 is 2.61 bits per heavy atom. The monoisotopic (exact) mass is 259 g/mol. The van der Waals surface area contributed by atoms with Crippen LogP contribution in [0, 0.1) is 18.5 Å². The van der Waals surface area contributed by atoms with Gasteiger partial charge in [0.05, 0.1) is 6.61 Å². The zero-order valence-electron chi connectivity index (χ0n) is 10.9. The number of ether oxygens (including phenoxy) is 1. The highest BCUT2D eigenvalue weighted by molar-refractivity contribution is 7.71. The van der Waals surface area contributed by atoms with Crippen molar-refractivity contribution in [1.29, 1.82) is 0 Å². The maximum Gasteiger partial charge on any atom is 0.119 e. The van der Waals surface area contributed by atoms with Crippen molar-refractivity contribution < 1.29 is 4.74 Å². The summed E-state index contributed by atoms with van der Waals surface area (Å²) in [7, 11) is 0. The molecule has 0 N–H and O–H groups in total. The van der Waals surface area contributed by atoms with Crippen molar-refractivity contribution in [3.63, 3.8) is 0 Å². The Morgan fingerprint density at radius 2 is 1.94 bits per heavy atom. The molecule has 2 aromatic rings. The third-order valence-corrected chi connectivity index (χ3v) is 3.13. The summed E-state index contributed by atoms with van der Waals surface area (Å²) in [6, 6.07) is 10.1. The molecule has 0 bridgehead atoms. The highest BCUT2D eigenvalue weighted by Crippen LogP contribution is 2.21. The molecule has 0 spiro atoms. The minimum absolute atomic E-state index is 0.683. The van der Waals surface area contributed by atoms with Crippen LogP contribution < -0.4 is 4.74 Å². The van der Waals surface area contributed by atoms with Gasteiger partial charge >= 0.3 is 0 Å².